The molecular formula is C10H18N2O5. The maximum Gasteiger partial charge on any atom is 0.326 e. The van der Waals surface area contributed by atoms with Crippen molar-refractivity contribution >= 4 is 17.8 Å². The van der Waals surface area contributed by atoms with E-state index in [0.717, 1.165) is 0 Å². The van der Waals surface area contributed by atoms with Crippen molar-refractivity contribution in [1.29, 1.82) is 0 Å². The number of hydrogen-bond acceptors (Lipinski definition) is 4. The largest absolute Gasteiger partial charge is 0.481 e. The maximum absolute atomic E-state index is 11.5. The van der Waals surface area contributed by atoms with Crippen molar-refractivity contribution in [2.45, 2.75) is 38.8 Å². The molecule has 0 unspecified atom stereocenters. The van der Waals surface area contributed by atoms with Crippen molar-refractivity contribution in [2.24, 2.45) is 11.7 Å². The zero-order chi connectivity index (χ0) is 13.6. The van der Waals surface area contributed by atoms with Gasteiger partial charge in [0.05, 0.1) is 12.5 Å². The summed E-state index contributed by atoms with van der Waals surface area (Å²) >= 11 is 0. The van der Waals surface area contributed by atoms with Gasteiger partial charge in [0, 0.05) is 0 Å². The number of nitrogens with one attached hydrogen (secondary N) is 1. The summed E-state index contributed by atoms with van der Waals surface area (Å²) in [5.74, 6) is -3.44. The molecule has 0 fully saturated rings. The number of carboxylic acid groups (broad SMARTS) is 2. The Morgan fingerprint density at radius 2 is 1.82 bits per heavy atom. The second-order valence-corrected chi connectivity index (χ2v) is 3.91. The average molecular weight is 246 g/mol. The Morgan fingerprint density at radius 1 is 1.29 bits per heavy atom. The average Bonchev–Trinajstić information content (AvgIpc) is 2.25. The molecule has 7 nitrogen and oxygen atoms in total. The highest BCUT2D eigenvalue weighted by Crippen LogP contribution is 2.06. The third kappa shape index (κ3) is 5.30. The van der Waals surface area contributed by atoms with Gasteiger partial charge in [-0.05, 0) is 5.92 Å². The minimum atomic E-state index is -1.45. The maximum atomic E-state index is 11.5. The summed E-state index contributed by atoms with van der Waals surface area (Å²) < 4.78 is 0. The summed E-state index contributed by atoms with van der Waals surface area (Å²) in [6.07, 6.45) is -0.000442. The van der Waals surface area contributed by atoms with E-state index in [0.29, 0.717) is 6.42 Å². The Kier molecular flexibility index (Phi) is 6.19. The first-order valence-corrected chi connectivity index (χ1v) is 5.30. The topological polar surface area (TPSA) is 130 Å². The van der Waals surface area contributed by atoms with Gasteiger partial charge in [-0.2, -0.15) is 0 Å². The zero-order valence-corrected chi connectivity index (χ0v) is 9.84. The third-order valence-corrected chi connectivity index (χ3v) is 2.55. The summed E-state index contributed by atoms with van der Waals surface area (Å²) in [4.78, 5) is 32.7. The van der Waals surface area contributed by atoms with Gasteiger partial charge in [-0.15, -0.1) is 0 Å². The number of carboxylic acids is 2. The molecule has 0 aliphatic rings. The van der Waals surface area contributed by atoms with Crippen molar-refractivity contribution in [3.8, 4) is 0 Å². The van der Waals surface area contributed by atoms with Crippen LogP contribution < -0.4 is 11.1 Å². The number of hydrogen-bond donors (Lipinski definition) is 4. The molecule has 0 rings (SSSR count). The van der Waals surface area contributed by atoms with Crippen molar-refractivity contribution in [3.05, 3.63) is 0 Å². The van der Waals surface area contributed by atoms with Gasteiger partial charge >= 0.3 is 11.9 Å². The van der Waals surface area contributed by atoms with E-state index in [-0.39, 0.29) is 5.92 Å². The van der Waals surface area contributed by atoms with Crippen LogP contribution in [0.3, 0.4) is 0 Å². The fourth-order valence-corrected chi connectivity index (χ4v) is 1.15. The molecule has 98 valence electrons. The number of amides is 1. The van der Waals surface area contributed by atoms with Crippen LogP contribution in [0.4, 0.5) is 0 Å². The van der Waals surface area contributed by atoms with E-state index in [2.05, 4.69) is 5.32 Å². The Bertz CT molecular complexity index is 305. The van der Waals surface area contributed by atoms with Crippen LogP contribution in [0, 0.1) is 5.92 Å². The molecule has 0 heterocycles. The standard InChI is InChI=1S/C10H18N2O5/c1-3-5(2)8(11)9(15)12-6(10(16)17)4-7(13)14/h5-6,8H,3-4,11H2,1-2H3,(H,12,15)(H,13,14)(H,16,17)/t5-,6+,8-/m0/s1. The second-order valence-electron chi connectivity index (χ2n) is 3.91. The van der Waals surface area contributed by atoms with Crippen molar-refractivity contribution in [1.82, 2.24) is 5.32 Å². The van der Waals surface area contributed by atoms with Crippen molar-refractivity contribution in [3.63, 3.8) is 0 Å². The van der Waals surface area contributed by atoms with Crippen LogP contribution in [0.2, 0.25) is 0 Å². The summed E-state index contributed by atoms with van der Waals surface area (Å²) in [6.45, 7) is 3.61. The zero-order valence-electron chi connectivity index (χ0n) is 9.84. The number of carbonyl (C=O) groups excluding carboxylic acids is 1. The number of nitrogens with two attached hydrogens (primary N) is 1. The van der Waals surface area contributed by atoms with E-state index in [9.17, 15) is 14.4 Å². The Balaban J connectivity index is 4.50. The van der Waals surface area contributed by atoms with E-state index in [1.54, 1.807) is 6.92 Å². The summed E-state index contributed by atoms with van der Waals surface area (Å²) in [7, 11) is 0. The molecular weight excluding hydrogens is 228 g/mol. The van der Waals surface area contributed by atoms with E-state index in [1.807, 2.05) is 6.92 Å². The fourth-order valence-electron chi connectivity index (χ4n) is 1.15. The molecule has 17 heavy (non-hydrogen) atoms. The summed E-state index contributed by atoms with van der Waals surface area (Å²) in [5.41, 5.74) is 5.60. The fraction of sp³-hybridized carbons (Fsp3) is 0.700. The van der Waals surface area contributed by atoms with Gasteiger partial charge in [-0.3, -0.25) is 9.59 Å². The third-order valence-electron chi connectivity index (χ3n) is 2.55. The number of carbonyl (C=O) groups is 3. The Labute approximate surface area is 99.0 Å². The first kappa shape index (κ1) is 15.4. The predicted molar refractivity (Wildman–Crippen MR) is 59.2 cm³/mol. The van der Waals surface area contributed by atoms with Gasteiger partial charge in [-0.1, -0.05) is 20.3 Å². The van der Waals surface area contributed by atoms with Crippen LogP contribution in [0.25, 0.3) is 0 Å². The molecule has 0 aromatic heterocycles. The van der Waals surface area contributed by atoms with Gasteiger partial charge in [0.25, 0.3) is 0 Å². The van der Waals surface area contributed by atoms with Crippen LogP contribution >= 0.6 is 0 Å². The van der Waals surface area contributed by atoms with Gasteiger partial charge in [0.2, 0.25) is 5.91 Å². The summed E-state index contributed by atoms with van der Waals surface area (Å²) in [6, 6.07) is -2.29. The smallest absolute Gasteiger partial charge is 0.326 e. The molecule has 0 aromatic carbocycles. The molecule has 0 aliphatic heterocycles. The molecule has 0 aliphatic carbocycles. The minimum Gasteiger partial charge on any atom is -0.481 e. The lowest BCUT2D eigenvalue weighted by atomic mass is 9.99. The van der Waals surface area contributed by atoms with Gasteiger partial charge in [0.15, 0.2) is 0 Å². The number of rotatable bonds is 7. The minimum absolute atomic E-state index is 0.103. The molecule has 0 saturated heterocycles. The lowest BCUT2D eigenvalue weighted by Crippen LogP contribution is -2.51. The molecule has 0 spiro atoms. The molecule has 0 radical (unpaired) electrons. The lowest BCUT2D eigenvalue weighted by molar-refractivity contribution is -0.147. The van der Waals surface area contributed by atoms with E-state index in [4.69, 9.17) is 15.9 Å². The van der Waals surface area contributed by atoms with Crippen LogP contribution in [0.5, 0.6) is 0 Å². The molecule has 0 bridgehead atoms. The Hall–Kier alpha value is -1.63. The molecule has 7 heteroatoms. The highest BCUT2D eigenvalue weighted by Gasteiger charge is 2.27. The predicted octanol–water partition coefficient (Wildman–Crippen LogP) is -0.596. The first-order chi connectivity index (χ1) is 7.79. The molecule has 5 N–H and O–H groups in total. The number of aliphatic carboxylic acids is 2. The molecule has 3 atom stereocenters. The van der Waals surface area contributed by atoms with E-state index in [1.165, 1.54) is 0 Å². The van der Waals surface area contributed by atoms with Crippen LogP contribution in [-0.2, 0) is 14.4 Å². The van der Waals surface area contributed by atoms with Gasteiger partial charge in [-0.25, -0.2) is 4.79 Å². The van der Waals surface area contributed by atoms with Gasteiger partial charge in [0.1, 0.15) is 6.04 Å². The highest BCUT2D eigenvalue weighted by atomic mass is 16.4. The first-order valence-electron chi connectivity index (χ1n) is 5.30. The molecule has 0 aromatic rings. The highest BCUT2D eigenvalue weighted by molar-refractivity contribution is 5.89. The van der Waals surface area contributed by atoms with Crippen LogP contribution in [-0.4, -0.2) is 40.1 Å². The monoisotopic (exact) mass is 246 g/mol. The van der Waals surface area contributed by atoms with Crippen molar-refractivity contribution in [2.75, 3.05) is 0 Å². The molecule has 0 saturated carbocycles. The van der Waals surface area contributed by atoms with E-state index < -0.39 is 36.4 Å². The van der Waals surface area contributed by atoms with Crippen molar-refractivity contribution < 1.29 is 24.6 Å². The summed E-state index contributed by atoms with van der Waals surface area (Å²) in [5, 5.41) is 19.3. The van der Waals surface area contributed by atoms with E-state index >= 15 is 0 Å². The van der Waals surface area contributed by atoms with Gasteiger partial charge < -0.3 is 21.3 Å². The SMILES string of the molecule is CC[C@H](C)[C@H](N)C(=O)N[C@H](CC(=O)O)C(=O)O. The van der Waals surface area contributed by atoms with Crippen LogP contribution in [0.1, 0.15) is 26.7 Å². The normalized spacial score (nSPS) is 15.7. The molecule has 1 amide bonds. The quantitative estimate of drug-likeness (QED) is 0.474. The lowest BCUT2D eigenvalue weighted by Gasteiger charge is -2.20. The second kappa shape index (κ2) is 6.85. The Morgan fingerprint density at radius 3 is 2.18 bits per heavy atom. The van der Waals surface area contributed by atoms with Crippen LogP contribution in [0.15, 0.2) is 0 Å².